The van der Waals surface area contributed by atoms with E-state index in [0.717, 1.165) is 22.5 Å². The van der Waals surface area contributed by atoms with E-state index in [4.69, 9.17) is 4.98 Å². The van der Waals surface area contributed by atoms with Crippen LogP contribution in [0.15, 0.2) is 42.5 Å². The van der Waals surface area contributed by atoms with Crippen LogP contribution in [0.25, 0.3) is 11.0 Å². The average Bonchev–Trinajstić information content (AvgIpc) is 3.18. The van der Waals surface area contributed by atoms with Gasteiger partial charge in [-0.25, -0.2) is 4.98 Å². The van der Waals surface area contributed by atoms with Crippen LogP contribution in [0.2, 0.25) is 0 Å². The fourth-order valence-corrected chi connectivity index (χ4v) is 4.04. The molecule has 4 heteroatoms. The summed E-state index contributed by atoms with van der Waals surface area (Å²) < 4.78 is 2.29. The van der Waals surface area contributed by atoms with Crippen molar-refractivity contribution in [2.24, 2.45) is 0 Å². The summed E-state index contributed by atoms with van der Waals surface area (Å²) in [5.41, 5.74) is 5.58. The van der Waals surface area contributed by atoms with Crippen LogP contribution in [-0.4, -0.2) is 22.0 Å². The predicted molar refractivity (Wildman–Crippen MR) is 106 cm³/mol. The minimum absolute atomic E-state index is 0.122. The molecule has 1 atom stereocenters. The van der Waals surface area contributed by atoms with Crippen molar-refractivity contribution < 1.29 is 4.79 Å². The number of aromatic nitrogens is 2. The molecule has 0 N–H and O–H groups in total. The maximum absolute atomic E-state index is 12.8. The number of carbonyl (C=O) groups is 1. The lowest BCUT2D eigenvalue weighted by Gasteiger charge is -2.21. The fourth-order valence-electron chi connectivity index (χ4n) is 4.04. The third-order valence-corrected chi connectivity index (χ3v) is 5.50. The van der Waals surface area contributed by atoms with E-state index in [2.05, 4.69) is 56.5 Å². The van der Waals surface area contributed by atoms with Gasteiger partial charge in [0.15, 0.2) is 0 Å². The van der Waals surface area contributed by atoms with Crippen molar-refractivity contribution in [2.75, 3.05) is 11.4 Å². The first-order valence-electron chi connectivity index (χ1n) is 9.30. The van der Waals surface area contributed by atoms with Crippen molar-refractivity contribution in [1.29, 1.82) is 0 Å². The Morgan fingerprint density at radius 2 is 1.85 bits per heavy atom. The number of hydrogen-bond donors (Lipinski definition) is 0. The number of para-hydroxylation sites is 2. The summed E-state index contributed by atoms with van der Waals surface area (Å²) in [4.78, 5) is 19.7. The molecule has 1 saturated heterocycles. The van der Waals surface area contributed by atoms with E-state index in [9.17, 15) is 4.79 Å². The Kier molecular flexibility index (Phi) is 4.06. The minimum Gasteiger partial charge on any atom is -0.325 e. The molecule has 134 valence electrons. The highest BCUT2D eigenvalue weighted by atomic mass is 16.2. The predicted octanol–water partition coefficient (Wildman–Crippen LogP) is 4.75. The Hall–Kier alpha value is -2.62. The molecule has 1 amide bonds. The van der Waals surface area contributed by atoms with Crippen LogP contribution < -0.4 is 4.90 Å². The third-order valence-electron chi connectivity index (χ3n) is 5.50. The highest BCUT2D eigenvalue weighted by Gasteiger charge is 2.35. The fraction of sp³-hybridized carbons (Fsp3) is 0.364. The molecule has 4 nitrogen and oxygen atoms in total. The van der Waals surface area contributed by atoms with Crippen LogP contribution in [0, 0.1) is 13.8 Å². The lowest BCUT2D eigenvalue weighted by Crippen LogP contribution is -2.25. The van der Waals surface area contributed by atoms with Crippen LogP contribution in [0.4, 0.5) is 5.69 Å². The maximum atomic E-state index is 12.8. The summed E-state index contributed by atoms with van der Waals surface area (Å²) in [6, 6.07) is 14.7. The van der Waals surface area contributed by atoms with Gasteiger partial charge in [-0.05, 0) is 57.0 Å². The van der Waals surface area contributed by atoms with Crippen molar-refractivity contribution in [3.63, 3.8) is 0 Å². The van der Waals surface area contributed by atoms with Gasteiger partial charge in [-0.2, -0.15) is 0 Å². The van der Waals surface area contributed by atoms with E-state index < -0.39 is 0 Å². The number of rotatable bonds is 3. The van der Waals surface area contributed by atoms with Crippen LogP contribution in [0.5, 0.6) is 0 Å². The topological polar surface area (TPSA) is 38.1 Å². The summed E-state index contributed by atoms with van der Waals surface area (Å²) >= 11 is 0. The molecule has 0 saturated carbocycles. The number of aryl methyl sites for hydroxylation is 1. The van der Waals surface area contributed by atoms with Crippen molar-refractivity contribution >= 4 is 22.6 Å². The molecule has 3 aromatic rings. The van der Waals surface area contributed by atoms with Gasteiger partial charge < -0.3 is 9.47 Å². The first kappa shape index (κ1) is 16.8. The number of benzene rings is 2. The Labute approximate surface area is 154 Å². The van der Waals surface area contributed by atoms with E-state index in [0.29, 0.717) is 19.0 Å². The molecular formula is C22H25N3O. The molecule has 0 aliphatic carbocycles. The zero-order chi connectivity index (χ0) is 18.4. The summed E-state index contributed by atoms with van der Waals surface area (Å²) in [5, 5.41) is 0. The molecule has 2 heterocycles. The maximum Gasteiger partial charge on any atom is 0.227 e. The van der Waals surface area contributed by atoms with Gasteiger partial charge in [0.25, 0.3) is 0 Å². The molecule has 0 radical (unpaired) electrons. The van der Waals surface area contributed by atoms with Gasteiger partial charge in [0.2, 0.25) is 5.91 Å². The lowest BCUT2D eigenvalue weighted by molar-refractivity contribution is -0.117. The molecule has 0 spiro atoms. The zero-order valence-electron chi connectivity index (χ0n) is 15.9. The molecule has 4 rings (SSSR count). The second-order valence-corrected chi connectivity index (χ2v) is 7.55. The SMILES string of the molecule is Cc1cccc(N2C[C@H](c3nc4ccccc4n3C(C)C)CC2=O)c1C. The third kappa shape index (κ3) is 2.61. The summed E-state index contributed by atoms with van der Waals surface area (Å²) in [7, 11) is 0. The van der Waals surface area contributed by atoms with E-state index in [1.807, 2.05) is 23.1 Å². The van der Waals surface area contributed by atoms with Crippen molar-refractivity contribution in [3.05, 3.63) is 59.4 Å². The number of hydrogen-bond acceptors (Lipinski definition) is 2. The van der Waals surface area contributed by atoms with Crippen LogP contribution in [0.1, 0.15) is 49.2 Å². The molecule has 1 aliphatic heterocycles. The van der Waals surface area contributed by atoms with Crippen molar-refractivity contribution in [2.45, 2.75) is 46.1 Å². The Morgan fingerprint density at radius 3 is 2.62 bits per heavy atom. The molecule has 1 fully saturated rings. The Morgan fingerprint density at radius 1 is 1.08 bits per heavy atom. The second kappa shape index (κ2) is 6.27. The van der Waals surface area contributed by atoms with Gasteiger partial charge in [0.05, 0.1) is 11.0 Å². The van der Waals surface area contributed by atoms with Gasteiger partial charge in [-0.3, -0.25) is 4.79 Å². The van der Waals surface area contributed by atoms with Crippen molar-refractivity contribution in [3.8, 4) is 0 Å². The number of amides is 1. The van der Waals surface area contributed by atoms with E-state index in [1.165, 1.54) is 11.1 Å². The monoisotopic (exact) mass is 347 g/mol. The number of nitrogens with zero attached hydrogens (tertiary/aromatic N) is 3. The smallest absolute Gasteiger partial charge is 0.227 e. The first-order valence-corrected chi connectivity index (χ1v) is 9.30. The van der Waals surface area contributed by atoms with Gasteiger partial charge in [-0.1, -0.05) is 24.3 Å². The number of imidazole rings is 1. The second-order valence-electron chi connectivity index (χ2n) is 7.55. The summed E-state index contributed by atoms with van der Waals surface area (Å²) in [6.45, 7) is 9.23. The van der Waals surface area contributed by atoms with Crippen LogP contribution in [0.3, 0.4) is 0 Å². The van der Waals surface area contributed by atoms with E-state index in [1.54, 1.807) is 0 Å². The minimum atomic E-state index is 0.122. The highest BCUT2D eigenvalue weighted by Crippen LogP contribution is 2.36. The van der Waals surface area contributed by atoms with Gasteiger partial charge in [-0.15, -0.1) is 0 Å². The Balaban J connectivity index is 1.75. The molecule has 26 heavy (non-hydrogen) atoms. The number of fused-ring (bicyclic) bond motifs is 1. The molecule has 1 aromatic heterocycles. The zero-order valence-corrected chi connectivity index (χ0v) is 15.9. The van der Waals surface area contributed by atoms with E-state index >= 15 is 0 Å². The largest absolute Gasteiger partial charge is 0.325 e. The number of anilines is 1. The summed E-state index contributed by atoms with van der Waals surface area (Å²) in [5.74, 6) is 1.34. The van der Waals surface area contributed by atoms with Crippen LogP contribution in [-0.2, 0) is 4.79 Å². The van der Waals surface area contributed by atoms with Gasteiger partial charge in [0.1, 0.15) is 5.82 Å². The van der Waals surface area contributed by atoms with Crippen LogP contribution >= 0.6 is 0 Å². The lowest BCUT2D eigenvalue weighted by atomic mass is 10.1. The normalized spacial score (nSPS) is 17.7. The van der Waals surface area contributed by atoms with Gasteiger partial charge in [0, 0.05) is 30.6 Å². The first-order chi connectivity index (χ1) is 12.5. The molecule has 0 bridgehead atoms. The average molecular weight is 347 g/mol. The van der Waals surface area contributed by atoms with E-state index in [-0.39, 0.29) is 11.8 Å². The van der Waals surface area contributed by atoms with Crippen molar-refractivity contribution in [1.82, 2.24) is 9.55 Å². The molecule has 0 unspecified atom stereocenters. The highest BCUT2D eigenvalue weighted by molar-refractivity contribution is 5.97. The molecular weight excluding hydrogens is 322 g/mol. The molecule has 1 aliphatic rings. The van der Waals surface area contributed by atoms with Gasteiger partial charge >= 0.3 is 0 Å². The number of carbonyl (C=O) groups excluding carboxylic acids is 1. The standard InChI is InChI=1S/C22H25N3O/c1-14(2)25-20-10-6-5-9-18(20)23-22(25)17-12-21(26)24(13-17)19-11-7-8-15(3)16(19)4/h5-11,14,17H,12-13H2,1-4H3/t17-/m1/s1. The summed E-state index contributed by atoms with van der Waals surface area (Å²) in [6.07, 6.45) is 0.517. The quantitative estimate of drug-likeness (QED) is 0.685. The molecule has 2 aromatic carbocycles. The Bertz CT molecular complexity index is 986.